The van der Waals surface area contributed by atoms with Crippen molar-refractivity contribution in [1.29, 1.82) is 0 Å². The number of hydrogen-bond donors (Lipinski definition) is 1. The summed E-state index contributed by atoms with van der Waals surface area (Å²) in [6.45, 7) is 3.86. The maximum atomic E-state index is 13.6. The zero-order valence-electron chi connectivity index (χ0n) is 8.97. The molecule has 0 amide bonds. The number of hydrogen-bond acceptors (Lipinski definition) is 2. The van der Waals surface area contributed by atoms with Gasteiger partial charge in [-0.1, -0.05) is 0 Å². The molecule has 2 aromatic rings. The van der Waals surface area contributed by atoms with Crippen LogP contribution >= 0.6 is 11.3 Å². The van der Waals surface area contributed by atoms with E-state index >= 15 is 0 Å². The molecule has 0 bridgehead atoms. The van der Waals surface area contributed by atoms with Gasteiger partial charge in [0.15, 0.2) is 0 Å². The summed E-state index contributed by atoms with van der Waals surface area (Å²) in [5.74, 6) is -1.29. The van der Waals surface area contributed by atoms with Crippen molar-refractivity contribution in [2.24, 2.45) is 0 Å². The highest BCUT2D eigenvalue weighted by atomic mass is 32.1. The van der Waals surface area contributed by atoms with Gasteiger partial charge in [-0.15, -0.1) is 11.3 Å². The minimum atomic E-state index is -0.717. The summed E-state index contributed by atoms with van der Waals surface area (Å²) in [7, 11) is 0. The van der Waals surface area contributed by atoms with E-state index in [1.165, 1.54) is 6.07 Å². The second kappa shape index (κ2) is 3.87. The molecule has 0 saturated heterocycles. The molecular formula is C12H11F2NS. The highest BCUT2D eigenvalue weighted by Crippen LogP contribution is 2.33. The van der Waals surface area contributed by atoms with Crippen LogP contribution < -0.4 is 5.73 Å². The summed E-state index contributed by atoms with van der Waals surface area (Å²) in [5.41, 5.74) is 6.56. The minimum Gasteiger partial charge on any atom is -0.396 e. The Kier molecular flexibility index (Phi) is 2.68. The predicted octanol–water partition coefficient (Wildman–Crippen LogP) is 3.89. The van der Waals surface area contributed by atoms with Gasteiger partial charge in [0, 0.05) is 21.4 Å². The first-order chi connectivity index (χ1) is 7.49. The van der Waals surface area contributed by atoms with Gasteiger partial charge >= 0.3 is 0 Å². The van der Waals surface area contributed by atoms with Crippen LogP contribution in [0.2, 0.25) is 0 Å². The van der Waals surface area contributed by atoms with Crippen molar-refractivity contribution >= 4 is 17.0 Å². The number of anilines is 1. The molecule has 0 fully saturated rings. The van der Waals surface area contributed by atoms with E-state index in [1.54, 1.807) is 11.3 Å². The summed E-state index contributed by atoms with van der Waals surface area (Å²) >= 11 is 1.58. The lowest BCUT2D eigenvalue weighted by molar-refractivity contribution is 0.588. The van der Waals surface area contributed by atoms with E-state index in [9.17, 15) is 8.78 Å². The van der Waals surface area contributed by atoms with Crippen molar-refractivity contribution < 1.29 is 8.78 Å². The van der Waals surface area contributed by atoms with Crippen molar-refractivity contribution in [2.45, 2.75) is 13.8 Å². The minimum absolute atomic E-state index is 0.0281. The molecule has 0 unspecified atom stereocenters. The highest BCUT2D eigenvalue weighted by Gasteiger charge is 2.13. The van der Waals surface area contributed by atoms with Crippen LogP contribution in [0.25, 0.3) is 11.1 Å². The number of aryl methyl sites for hydroxylation is 2. The Bertz CT molecular complexity index is 546. The lowest BCUT2D eigenvalue weighted by Gasteiger charge is -2.05. The standard InChI is InChI=1S/C12H11F2NS/c1-6-3-8(7(2)16-6)9-4-12(15)11(14)5-10(9)13/h3-5H,15H2,1-2H3. The maximum Gasteiger partial charge on any atom is 0.149 e. The molecule has 84 valence electrons. The zero-order valence-corrected chi connectivity index (χ0v) is 9.79. The van der Waals surface area contributed by atoms with Crippen LogP contribution in [0.3, 0.4) is 0 Å². The molecule has 0 aliphatic carbocycles. The lowest BCUT2D eigenvalue weighted by Crippen LogP contribution is -1.94. The molecule has 1 heterocycles. The molecule has 1 aromatic carbocycles. The first-order valence-corrected chi connectivity index (χ1v) is 5.62. The van der Waals surface area contributed by atoms with Crippen LogP contribution in [-0.4, -0.2) is 0 Å². The van der Waals surface area contributed by atoms with E-state index in [2.05, 4.69) is 0 Å². The van der Waals surface area contributed by atoms with Crippen molar-refractivity contribution in [3.05, 3.63) is 39.6 Å². The Morgan fingerprint density at radius 3 is 2.25 bits per heavy atom. The average molecular weight is 239 g/mol. The van der Waals surface area contributed by atoms with Crippen LogP contribution in [0, 0.1) is 25.5 Å². The van der Waals surface area contributed by atoms with Gasteiger partial charge < -0.3 is 5.73 Å². The Balaban J connectivity index is 2.64. The van der Waals surface area contributed by atoms with Gasteiger partial charge in [0.25, 0.3) is 0 Å². The molecule has 2 N–H and O–H groups in total. The van der Waals surface area contributed by atoms with Crippen molar-refractivity contribution in [1.82, 2.24) is 0 Å². The number of rotatable bonds is 1. The zero-order chi connectivity index (χ0) is 11.9. The molecule has 16 heavy (non-hydrogen) atoms. The van der Waals surface area contributed by atoms with Gasteiger partial charge in [-0.05, 0) is 31.5 Å². The van der Waals surface area contributed by atoms with Crippen LogP contribution in [0.1, 0.15) is 9.75 Å². The fourth-order valence-electron chi connectivity index (χ4n) is 1.67. The topological polar surface area (TPSA) is 26.0 Å². The maximum absolute atomic E-state index is 13.6. The Morgan fingerprint density at radius 2 is 1.69 bits per heavy atom. The van der Waals surface area contributed by atoms with Gasteiger partial charge in [0.05, 0.1) is 5.69 Å². The second-order valence-electron chi connectivity index (χ2n) is 3.68. The largest absolute Gasteiger partial charge is 0.396 e. The molecule has 0 radical (unpaired) electrons. The summed E-state index contributed by atoms with van der Waals surface area (Å²) in [6.07, 6.45) is 0. The van der Waals surface area contributed by atoms with E-state index < -0.39 is 11.6 Å². The van der Waals surface area contributed by atoms with Gasteiger partial charge in [0.2, 0.25) is 0 Å². The molecule has 0 atom stereocenters. The van der Waals surface area contributed by atoms with E-state index in [-0.39, 0.29) is 5.69 Å². The summed E-state index contributed by atoms with van der Waals surface area (Å²) < 4.78 is 26.6. The Morgan fingerprint density at radius 1 is 1.00 bits per heavy atom. The van der Waals surface area contributed by atoms with E-state index in [0.29, 0.717) is 5.56 Å². The van der Waals surface area contributed by atoms with Crippen LogP contribution in [0.15, 0.2) is 18.2 Å². The Hall–Kier alpha value is -1.42. The van der Waals surface area contributed by atoms with Crippen molar-refractivity contribution in [3.8, 4) is 11.1 Å². The van der Waals surface area contributed by atoms with Crippen LogP contribution in [0.4, 0.5) is 14.5 Å². The number of nitrogen functional groups attached to an aromatic ring is 1. The summed E-state index contributed by atoms with van der Waals surface area (Å²) in [5, 5.41) is 0. The first-order valence-electron chi connectivity index (χ1n) is 4.81. The second-order valence-corrected chi connectivity index (χ2v) is 5.14. The smallest absolute Gasteiger partial charge is 0.149 e. The highest BCUT2D eigenvalue weighted by molar-refractivity contribution is 7.12. The SMILES string of the molecule is Cc1cc(-c2cc(N)c(F)cc2F)c(C)s1. The number of benzene rings is 1. The number of halogens is 2. The fraction of sp³-hybridized carbons (Fsp3) is 0.167. The monoisotopic (exact) mass is 239 g/mol. The van der Waals surface area contributed by atoms with Crippen molar-refractivity contribution in [3.63, 3.8) is 0 Å². The van der Waals surface area contributed by atoms with Crippen molar-refractivity contribution in [2.75, 3.05) is 5.73 Å². The van der Waals surface area contributed by atoms with E-state index in [4.69, 9.17) is 5.73 Å². The summed E-state index contributed by atoms with van der Waals surface area (Å²) in [6, 6.07) is 4.06. The van der Waals surface area contributed by atoms with Gasteiger partial charge in [-0.25, -0.2) is 8.78 Å². The molecule has 0 spiro atoms. The quantitative estimate of drug-likeness (QED) is 0.750. The molecule has 0 aliphatic rings. The molecule has 4 heteroatoms. The van der Waals surface area contributed by atoms with Gasteiger partial charge in [-0.2, -0.15) is 0 Å². The third kappa shape index (κ3) is 1.80. The van der Waals surface area contributed by atoms with E-state index in [1.807, 2.05) is 19.9 Å². The average Bonchev–Trinajstić information content (AvgIpc) is 2.51. The fourth-order valence-corrected chi connectivity index (χ4v) is 2.61. The Labute approximate surface area is 96.5 Å². The molecule has 0 saturated carbocycles. The molecule has 0 aliphatic heterocycles. The third-order valence-electron chi connectivity index (χ3n) is 2.42. The van der Waals surface area contributed by atoms with Gasteiger partial charge in [-0.3, -0.25) is 0 Å². The molecular weight excluding hydrogens is 228 g/mol. The molecule has 1 nitrogen and oxygen atoms in total. The summed E-state index contributed by atoms with van der Waals surface area (Å²) in [4.78, 5) is 2.09. The number of nitrogens with two attached hydrogens (primary N) is 1. The predicted molar refractivity (Wildman–Crippen MR) is 63.6 cm³/mol. The first kappa shape index (κ1) is 11.1. The lowest BCUT2D eigenvalue weighted by atomic mass is 10.0. The van der Waals surface area contributed by atoms with Crippen LogP contribution in [-0.2, 0) is 0 Å². The van der Waals surface area contributed by atoms with Gasteiger partial charge in [0.1, 0.15) is 11.6 Å². The third-order valence-corrected chi connectivity index (χ3v) is 3.38. The van der Waals surface area contributed by atoms with E-state index in [0.717, 1.165) is 21.4 Å². The normalized spacial score (nSPS) is 10.8. The number of thiophene rings is 1. The molecule has 2 rings (SSSR count). The molecule has 1 aromatic heterocycles. The van der Waals surface area contributed by atoms with Crippen LogP contribution in [0.5, 0.6) is 0 Å².